The van der Waals surface area contributed by atoms with Gasteiger partial charge in [0.05, 0.1) is 10.6 Å². The van der Waals surface area contributed by atoms with E-state index >= 15 is 0 Å². The van der Waals surface area contributed by atoms with Crippen molar-refractivity contribution in [2.75, 3.05) is 17.4 Å². The third-order valence-corrected chi connectivity index (χ3v) is 9.27. The van der Waals surface area contributed by atoms with Gasteiger partial charge in [0, 0.05) is 32.3 Å². The molecule has 0 aromatic heterocycles. The van der Waals surface area contributed by atoms with Crippen LogP contribution >= 0.6 is 45.8 Å². The van der Waals surface area contributed by atoms with Gasteiger partial charge >= 0.3 is 0 Å². The Kier molecular flexibility index (Phi) is 11.5. The number of hydrogen-bond donors (Lipinski definition) is 1. The zero-order valence-electron chi connectivity index (χ0n) is 21.6. The zero-order valence-corrected chi connectivity index (χ0v) is 26.1. The molecule has 0 aliphatic carbocycles. The van der Waals surface area contributed by atoms with E-state index in [1.807, 2.05) is 6.92 Å². The summed E-state index contributed by atoms with van der Waals surface area (Å²) in [6.07, 6.45) is 1.03. The lowest BCUT2D eigenvalue weighted by atomic mass is 10.1. The predicted molar refractivity (Wildman–Crippen MR) is 165 cm³/mol. The second kappa shape index (κ2) is 14.3. The van der Waals surface area contributed by atoms with Crippen molar-refractivity contribution in [2.45, 2.75) is 44.2 Å². The van der Waals surface area contributed by atoms with E-state index in [1.54, 1.807) is 67.6 Å². The van der Waals surface area contributed by atoms with Gasteiger partial charge < -0.3 is 10.2 Å². The molecule has 1 N–H and O–H groups in total. The Hall–Kier alpha value is -2.34. The van der Waals surface area contributed by atoms with Crippen LogP contribution in [-0.2, 0) is 26.2 Å². The molecule has 1 unspecified atom stereocenters. The summed E-state index contributed by atoms with van der Waals surface area (Å²) < 4.78 is 29.6. The molecule has 2 amide bonds. The highest BCUT2D eigenvalue weighted by atomic mass is 127. The van der Waals surface area contributed by atoms with E-state index in [-0.39, 0.29) is 17.3 Å². The van der Waals surface area contributed by atoms with Crippen molar-refractivity contribution in [3.63, 3.8) is 0 Å². The second-order valence-corrected chi connectivity index (χ2v) is 12.7. The van der Waals surface area contributed by atoms with E-state index in [0.717, 1.165) is 14.3 Å². The number of rotatable bonds is 12. The summed E-state index contributed by atoms with van der Waals surface area (Å²) in [5, 5.41) is 3.54. The van der Waals surface area contributed by atoms with Gasteiger partial charge in [0.15, 0.2) is 0 Å². The minimum absolute atomic E-state index is 0.0461. The maximum Gasteiger partial charge on any atom is 0.264 e. The van der Waals surface area contributed by atoms with Gasteiger partial charge in [-0.25, -0.2) is 8.42 Å². The predicted octanol–water partition coefficient (Wildman–Crippen LogP) is 6.13. The lowest BCUT2D eigenvalue weighted by Gasteiger charge is -2.33. The molecule has 0 saturated heterocycles. The minimum atomic E-state index is -4.12. The van der Waals surface area contributed by atoms with Gasteiger partial charge in [-0.05, 0) is 84.0 Å². The minimum Gasteiger partial charge on any atom is -0.354 e. The van der Waals surface area contributed by atoms with Gasteiger partial charge in [0.1, 0.15) is 12.6 Å². The summed E-state index contributed by atoms with van der Waals surface area (Å²) in [5.74, 6) is -0.898. The Morgan fingerprint density at radius 2 is 1.54 bits per heavy atom. The molecule has 3 rings (SSSR count). The Bertz CT molecular complexity index is 1370. The molecule has 208 valence electrons. The first-order valence-electron chi connectivity index (χ1n) is 12.4. The highest BCUT2D eigenvalue weighted by Crippen LogP contribution is 2.29. The molecule has 0 radical (unpaired) electrons. The highest BCUT2D eigenvalue weighted by Gasteiger charge is 2.34. The SMILES string of the molecule is CCCNC(=O)C(CC)N(Cc1c(Cl)cccc1Cl)C(=O)CN(c1ccc(I)cc1)S(=O)(=O)c1ccccc1. The van der Waals surface area contributed by atoms with Crippen LogP contribution in [0.1, 0.15) is 32.3 Å². The van der Waals surface area contributed by atoms with Crippen molar-refractivity contribution < 1.29 is 18.0 Å². The van der Waals surface area contributed by atoms with Gasteiger partial charge in [-0.2, -0.15) is 0 Å². The van der Waals surface area contributed by atoms with E-state index in [4.69, 9.17) is 23.2 Å². The van der Waals surface area contributed by atoms with E-state index in [1.165, 1.54) is 17.0 Å². The first-order valence-corrected chi connectivity index (χ1v) is 15.7. The molecule has 7 nitrogen and oxygen atoms in total. The molecular formula is C28H30Cl2IN3O4S. The summed E-state index contributed by atoms with van der Waals surface area (Å²) in [4.78, 5) is 28.6. The Labute approximate surface area is 253 Å². The van der Waals surface area contributed by atoms with Crippen molar-refractivity contribution in [2.24, 2.45) is 0 Å². The molecule has 11 heteroatoms. The van der Waals surface area contributed by atoms with Gasteiger partial charge in [-0.1, -0.05) is 61.3 Å². The van der Waals surface area contributed by atoms with Crippen LogP contribution in [0.4, 0.5) is 5.69 Å². The highest BCUT2D eigenvalue weighted by molar-refractivity contribution is 14.1. The molecule has 0 aliphatic heterocycles. The Morgan fingerprint density at radius 3 is 2.10 bits per heavy atom. The van der Waals surface area contributed by atoms with Crippen LogP contribution in [0.3, 0.4) is 0 Å². The summed E-state index contributed by atoms with van der Waals surface area (Å²) in [6, 6.07) is 18.9. The van der Waals surface area contributed by atoms with E-state index in [9.17, 15) is 18.0 Å². The number of hydrogen-bond acceptors (Lipinski definition) is 4. The first-order chi connectivity index (χ1) is 18.6. The molecular weight excluding hydrogens is 672 g/mol. The largest absolute Gasteiger partial charge is 0.354 e. The van der Waals surface area contributed by atoms with Crippen LogP contribution < -0.4 is 9.62 Å². The van der Waals surface area contributed by atoms with Crippen LogP contribution in [0.5, 0.6) is 0 Å². The summed E-state index contributed by atoms with van der Waals surface area (Å²) >= 11 is 15.0. The molecule has 3 aromatic rings. The fourth-order valence-electron chi connectivity index (χ4n) is 4.00. The standard InChI is InChI=1S/C28H30Cl2IN3O4S/c1-3-17-32-28(36)26(4-2)33(18-23-24(29)11-8-12-25(23)30)27(35)19-34(21-15-13-20(31)14-16-21)39(37,38)22-9-6-5-7-10-22/h5-16,26H,3-4,17-19H2,1-2H3,(H,32,36). The van der Waals surface area contributed by atoms with Crippen molar-refractivity contribution in [3.8, 4) is 0 Å². The Morgan fingerprint density at radius 1 is 0.923 bits per heavy atom. The van der Waals surface area contributed by atoms with Gasteiger partial charge in [0.25, 0.3) is 10.0 Å². The lowest BCUT2D eigenvalue weighted by Crippen LogP contribution is -2.52. The average Bonchev–Trinajstić information content (AvgIpc) is 2.92. The maximum atomic E-state index is 14.0. The topological polar surface area (TPSA) is 86.8 Å². The number of sulfonamides is 1. The summed E-state index contributed by atoms with van der Waals surface area (Å²) in [6.45, 7) is 3.57. The summed E-state index contributed by atoms with van der Waals surface area (Å²) in [5.41, 5.74) is 0.800. The first kappa shape index (κ1) is 31.2. The zero-order chi connectivity index (χ0) is 28.6. The molecule has 0 fully saturated rings. The number of amides is 2. The number of nitrogens with one attached hydrogen (secondary N) is 1. The normalized spacial score (nSPS) is 12.0. The van der Waals surface area contributed by atoms with Gasteiger partial charge in [-0.3, -0.25) is 13.9 Å². The third kappa shape index (κ3) is 7.87. The molecule has 1 atom stereocenters. The second-order valence-electron chi connectivity index (χ2n) is 8.74. The molecule has 3 aromatic carbocycles. The van der Waals surface area contributed by atoms with Crippen LogP contribution in [0.15, 0.2) is 77.7 Å². The van der Waals surface area contributed by atoms with Gasteiger partial charge in [0.2, 0.25) is 11.8 Å². The van der Waals surface area contributed by atoms with Crippen molar-refractivity contribution >= 4 is 73.3 Å². The van der Waals surface area contributed by atoms with E-state index in [2.05, 4.69) is 27.9 Å². The number of nitrogens with zero attached hydrogens (tertiary/aromatic N) is 2. The number of halogens is 3. The smallest absolute Gasteiger partial charge is 0.264 e. The number of carbonyl (C=O) groups is 2. The van der Waals surface area contributed by atoms with Crippen LogP contribution in [0.25, 0.3) is 0 Å². The number of benzene rings is 3. The van der Waals surface area contributed by atoms with Crippen molar-refractivity contribution in [3.05, 3.63) is 92.0 Å². The van der Waals surface area contributed by atoms with E-state index in [0.29, 0.717) is 34.3 Å². The van der Waals surface area contributed by atoms with Crippen molar-refractivity contribution in [1.82, 2.24) is 10.2 Å². The summed E-state index contributed by atoms with van der Waals surface area (Å²) in [7, 11) is -4.12. The fourth-order valence-corrected chi connectivity index (χ4v) is 6.31. The molecule has 0 heterocycles. The van der Waals surface area contributed by atoms with Crippen molar-refractivity contribution in [1.29, 1.82) is 0 Å². The maximum absolute atomic E-state index is 14.0. The van der Waals surface area contributed by atoms with Gasteiger partial charge in [-0.15, -0.1) is 0 Å². The fraction of sp³-hybridized carbons (Fsp3) is 0.286. The van der Waals surface area contributed by atoms with Crippen LogP contribution in [-0.4, -0.2) is 44.3 Å². The van der Waals surface area contributed by atoms with E-state index < -0.39 is 28.5 Å². The third-order valence-electron chi connectivity index (χ3n) is 6.05. The number of anilines is 1. The quantitative estimate of drug-likeness (QED) is 0.231. The molecule has 0 aliphatic rings. The number of carbonyl (C=O) groups excluding carboxylic acids is 2. The van der Waals surface area contributed by atoms with Crippen LogP contribution in [0.2, 0.25) is 10.0 Å². The molecule has 0 bridgehead atoms. The lowest BCUT2D eigenvalue weighted by molar-refractivity contribution is -0.140. The molecule has 0 saturated carbocycles. The average molecular weight is 702 g/mol. The monoisotopic (exact) mass is 701 g/mol. The molecule has 0 spiro atoms. The Balaban J connectivity index is 2.07. The van der Waals surface area contributed by atoms with Crippen LogP contribution in [0, 0.1) is 3.57 Å². The molecule has 39 heavy (non-hydrogen) atoms.